The molecule has 7 heteroatoms. The van der Waals surface area contributed by atoms with E-state index in [0.717, 1.165) is 0 Å². The lowest BCUT2D eigenvalue weighted by atomic mass is 9.79. The molecule has 2 aromatic heterocycles. The molecule has 0 saturated carbocycles. The maximum atomic E-state index is 13.8. The Hall–Kier alpha value is -2.38. The lowest BCUT2D eigenvalue weighted by molar-refractivity contribution is 0.426. The van der Waals surface area contributed by atoms with Gasteiger partial charge in [-0.05, 0) is 18.2 Å². The van der Waals surface area contributed by atoms with E-state index in [9.17, 15) is 14.4 Å². The maximum absolute atomic E-state index is 13.8. The molecule has 0 aliphatic rings. The van der Waals surface area contributed by atoms with Gasteiger partial charge in [0.05, 0.1) is 5.69 Å². The standard InChI is InChI=1S/C13H9BFN3O2/c15-10-4-2-1-3-8(10)11-7-9(14(19)20)12-13(18-11)17-6-5-16-12/h1-7,19-20H. The highest BCUT2D eigenvalue weighted by Crippen LogP contribution is 2.21. The Balaban J connectivity index is 2.30. The highest BCUT2D eigenvalue weighted by atomic mass is 19.1. The first-order valence-electron chi connectivity index (χ1n) is 5.89. The molecular formula is C13H9BFN3O2. The zero-order chi connectivity index (χ0) is 14.1. The average Bonchev–Trinajstić information content (AvgIpc) is 2.46. The SMILES string of the molecule is OB(O)c1cc(-c2ccccc2F)nc2nccnc12. The van der Waals surface area contributed by atoms with Gasteiger partial charge in [-0.1, -0.05) is 12.1 Å². The summed E-state index contributed by atoms with van der Waals surface area (Å²) in [6.45, 7) is 0. The first kappa shape index (κ1) is 12.6. The van der Waals surface area contributed by atoms with Gasteiger partial charge in [-0.2, -0.15) is 0 Å². The Morgan fingerprint density at radius 3 is 2.55 bits per heavy atom. The Kier molecular flexibility index (Phi) is 3.13. The van der Waals surface area contributed by atoms with E-state index in [2.05, 4.69) is 15.0 Å². The number of benzene rings is 1. The predicted molar refractivity (Wildman–Crippen MR) is 72.6 cm³/mol. The zero-order valence-electron chi connectivity index (χ0n) is 10.2. The summed E-state index contributed by atoms with van der Waals surface area (Å²) in [5, 5.41) is 18.9. The molecule has 3 rings (SSSR count). The summed E-state index contributed by atoms with van der Waals surface area (Å²) in [5.41, 5.74) is 1.20. The van der Waals surface area contributed by atoms with Gasteiger partial charge in [0, 0.05) is 23.4 Å². The van der Waals surface area contributed by atoms with Crippen LogP contribution in [0.2, 0.25) is 0 Å². The largest absolute Gasteiger partial charge is 0.490 e. The second kappa shape index (κ2) is 4.95. The number of hydrogen-bond acceptors (Lipinski definition) is 5. The highest BCUT2D eigenvalue weighted by Gasteiger charge is 2.19. The molecule has 0 aliphatic carbocycles. The first-order chi connectivity index (χ1) is 9.66. The van der Waals surface area contributed by atoms with E-state index in [1.807, 2.05) is 0 Å². The fourth-order valence-corrected chi connectivity index (χ4v) is 1.98. The molecule has 5 nitrogen and oxygen atoms in total. The van der Waals surface area contributed by atoms with Crippen LogP contribution in [-0.2, 0) is 0 Å². The predicted octanol–water partition coefficient (Wildman–Crippen LogP) is 0.511. The normalized spacial score (nSPS) is 10.8. The van der Waals surface area contributed by atoms with Crippen LogP contribution in [0.4, 0.5) is 4.39 Å². The summed E-state index contributed by atoms with van der Waals surface area (Å²) in [6.07, 6.45) is 2.87. The monoisotopic (exact) mass is 269 g/mol. The molecule has 0 spiro atoms. The van der Waals surface area contributed by atoms with Gasteiger partial charge in [0.15, 0.2) is 5.65 Å². The van der Waals surface area contributed by atoms with E-state index in [1.165, 1.54) is 24.5 Å². The second-order valence-electron chi connectivity index (χ2n) is 4.18. The summed E-state index contributed by atoms with van der Waals surface area (Å²) in [4.78, 5) is 12.3. The molecule has 3 aromatic rings. The summed E-state index contributed by atoms with van der Waals surface area (Å²) in [5.74, 6) is -0.443. The third-order valence-electron chi connectivity index (χ3n) is 2.90. The van der Waals surface area contributed by atoms with Crippen molar-refractivity contribution in [2.24, 2.45) is 0 Å². The van der Waals surface area contributed by atoms with Crippen molar-refractivity contribution in [3.63, 3.8) is 0 Å². The van der Waals surface area contributed by atoms with Gasteiger partial charge in [-0.3, -0.25) is 4.98 Å². The maximum Gasteiger partial charge on any atom is 0.490 e. The van der Waals surface area contributed by atoms with Crippen molar-refractivity contribution in [1.29, 1.82) is 0 Å². The van der Waals surface area contributed by atoms with Crippen molar-refractivity contribution in [3.05, 3.63) is 48.5 Å². The minimum absolute atomic E-state index is 0.140. The molecule has 20 heavy (non-hydrogen) atoms. The Labute approximate surface area is 113 Å². The zero-order valence-corrected chi connectivity index (χ0v) is 10.2. The van der Waals surface area contributed by atoms with Gasteiger partial charge in [0.1, 0.15) is 11.3 Å². The molecule has 2 N–H and O–H groups in total. The minimum Gasteiger partial charge on any atom is -0.423 e. The van der Waals surface area contributed by atoms with Gasteiger partial charge in [0.2, 0.25) is 0 Å². The molecule has 0 amide bonds. The molecule has 98 valence electrons. The molecule has 0 unspecified atom stereocenters. The van der Waals surface area contributed by atoms with Gasteiger partial charge in [-0.25, -0.2) is 14.4 Å². The minimum atomic E-state index is -1.73. The Morgan fingerprint density at radius 1 is 1.05 bits per heavy atom. The summed E-state index contributed by atoms with van der Waals surface area (Å²) >= 11 is 0. The number of hydrogen-bond donors (Lipinski definition) is 2. The van der Waals surface area contributed by atoms with Crippen molar-refractivity contribution >= 4 is 23.7 Å². The lowest BCUT2D eigenvalue weighted by Crippen LogP contribution is -2.31. The smallest absolute Gasteiger partial charge is 0.423 e. The number of aromatic nitrogens is 3. The van der Waals surface area contributed by atoms with Crippen molar-refractivity contribution in [1.82, 2.24) is 15.0 Å². The molecule has 0 fully saturated rings. The Bertz CT molecular complexity index is 782. The van der Waals surface area contributed by atoms with Crippen LogP contribution in [0.1, 0.15) is 0 Å². The average molecular weight is 269 g/mol. The number of nitrogens with zero attached hydrogens (tertiary/aromatic N) is 3. The van der Waals surface area contributed by atoms with E-state index >= 15 is 0 Å². The third-order valence-corrected chi connectivity index (χ3v) is 2.90. The molecule has 0 bridgehead atoms. The first-order valence-corrected chi connectivity index (χ1v) is 5.89. The fraction of sp³-hybridized carbons (Fsp3) is 0. The lowest BCUT2D eigenvalue weighted by Gasteiger charge is -2.08. The summed E-state index contributed by atoms with van der Waals surface area (Å²) in [7, 11) is -1.73. The van der Waals surface area contributed by atoms with Crippen molar-refractivity contribution in [2.45, 2.75) is 0 Å². The van der Waals surface area contributed by atoms with E-state index < -0.39 is 12.9 Å². The van der Waals surface area contributed by atoms with Crippen LogP contribution in [0, 0.1) is 5.82 Å². The molecule has 2 heterocycles. The second-order valence-corrected chi connectivity index (χ2v) is 4.18. The van der Waals surface area contributed by atoms with Crippen LogP contribution in [0.25, 0.3) is 22.4 Å². The van der Waals surface area contributed by atoms with E-state index in [1.54, 1.807) is 18.2 Å². The Morgan fingerprint density at radius 2 is 1.80 bits per heavy atom. The number of fused-ring (bicyclic) bond motifs is 1. The molecule has 0 atom stereocenters. The van der Waals surface area contributed by atoms with E-state index in [-0.39, 0.29) is 27.9 Å². The fourth-order valence-electron chi connectivity index (χ4n) is 1.98. The molecule has 1 aromatic carbocycles. The molecule has 0 radical (unpaired) electrons. The summed E-state index contributed by atoms with van der Waals surface area (Å²) < 4.78 is 13.8. The van der Waals surface area contributed by atoms with Crippen molar-refractivity contribution in [2.75, 3.05) is 0 Å². The van der Waals surface area contributed by atoms with Crippen molar-refractivity contribution < 1.29 is 14.4 Å². The summed E-state index contributed by atoms with van der Waals surface area (Å²) in [6, 6.07) is 7.53. The molecule has 0 aliphatic heterocycles. The van der Waals surface area contributed by atoms with Gasteiger partial charge in [-0.15, -0.1) is 0 Å². The van der Waals surface area contributed by atoms with E-state index in [0.29, 0.717) is 0 Å². The quantitative estimate of drug-likeness (QED) is 0.663. The van der Waals surface area contributed by atoms with Crippen LogP contribution in [0.3, 0.4) is 0 Å². The third kappa shape index (κ3) is 2.13. The molecule has 0 saturated heterocycles. The van der Waals surface area contributed by atoms with Crippen LogP contribution in [0.5, 0.6) is 0 Å². The van der Waals surface area contributed by atoms with Crippen LogP contribution in [0.15, 0.2) is 42.7 Å². The number of pyridine rings is 1. The number of rotatable bonds is 2. The van der Waals surface area contributed by atoms with Crippen LogP contribution >= 0.6 is 0 Å². The number of halogens is 1. The van der Waals surface area contributed by atoms with Crippen LogP contribution < -0.4 is 5.46 Å². The van der Waals surface area contributed by atoms with Crippen molar-refractivity contribution in [3.8, 4) is 11.3 Å². The molecular weight excluding hydrogens is 260 g/mol. The van der Waals surface area contributed by atoms with Crippen LogP contribution in [-0.4, -0.2) is 32.1 Å². The van der Waals surface area contributed by atoms with Gasteiger partial charge >= 0.3 is 7.12 Å². The topological polar surface area (TPSA) is 79.1 Å². The highest BCUT2D eigenvalue weighted by molar-refractivity contribution is 6.61. The van der Waals surface area contributed by atoms with Gasteiger partial charge in [0.25, 0.3) is 0 Å². The van der Waals surface area contributed by atoms with Gasteiger partial charge < -0.3 is 10.0 Å². The van der Waals surface area contributed by atoms with E-state index in [4.69, 9.17) is 0 Å².